The molecule has 1 aliphatic rings. The molecule has 0 unspecified atom stereocenters. The Hall–Kier alpha value is -2.45. The van der Waals surface area contributed by atoms with Crippen molar-refractivity contribution in [3.05, 3.63) is 54.4 Å². The number of rotatable bonds is 5. The zero-order chi connectivity index (χ0) is 17.0. The van der Waals surface area contributed by atoms with Crippen molar-refractivity contribution in [3.8, 4) is 0 Å². The summed E-state index contributed by atoms with van der Waals surface area (Å²) in [4.78, 5) is 16.1. The standard InChI is InChI=1S/C16H18N4O3S/c21-16(18-12-13-3-1-8-17-11-13)19-14-4-6-15(7-5-14)24(22,23)20-9-2-10-20/h1,3-8,11H,2,9-10,12H2,(H2,18,19,21). The molecular formula is C16H18N4O3S. The Bertz CT molecular complexity index is 803. The normalized spacial score (nSPS) is 14.7. The molecule has 0 saturated carbocycles. The molecule has 8 heteroatoms. The second-order valence-electron chi connectivity index (χ2n) is 5.45. The summed E-state index contributed by atoms with van der Waals surface area (Å²) in [6.07, 6.45) is 4.24. The minimum absolute atomic E-state index is 0.239. The lowest BCUT2D eigenvalue weighted by Gasteiger charge is -2.29. The van der Waals surface area contributed by atoms with Crippen molar-refractivity contribution in [2.75, 3.05) is 18.4 Å². The van der Waals surface area contributed by atoms with Crippen LogP contribution in [-0.2, 0) is 16.6 Å². The van der Waals surface area contributed by atoms with Gasteiger partial charge in [0.15, 0.2) is 0 Å². The number of hydrogen-bond donors (Lipinski definition) is 2. The Morgan fingerprint density at radius 1 is 1.17 bits per heavy atom. The highest BCUT2D eigenvalue weighted by molar-refractivity contribution is 7.89. The number of nitrogens with one attached hydrogen (secondary N) is 2. The van der Waals surface area contributed by atoms with Crippen LogP contribution < -0.4 is 10.6 Å². The fourth-order valence-corrected chi connectivity index (χ4v) is 3.76. The van der Waals surface area contributed by atoms with Crippen LogP contribution in [-0.4, -0.2) is 36.8 Å². The maximum absolute atomic E-state index is 12.2. The number of nitrogens with zero attached hydrogens (tertiary/aromatic N) is 2. The van der Waals surface area contributed by atoms with Crippen molar-refractivity contribution in [2.45, 2.75) is 17.9 Å². The smallest absolute Gasteiger partial charge is 0.319 e. The molecule has 7 nitrogen and oxygen atoms in total. The van der Waals surface area contributed by atoms with Gasteiger partial charge in [0.05, 0.1) is 4.90 Å². The lowest BCUT2D eigenvalue weighted by molar-refractivity contribution is 0.251. The van der Waals surface area contributed by atoms with Gasteiger partial charge in [-0.05, 0) is 42.3 Å². The van der Waals surface area contributed by atoms with Crippen molar-refractivity contribution in [3.63, 3.8) is 0 Å². The van der Waals surface area contributed by atoms with E-state index in [2.05, 4.69) is 15.6 Å². The number of aromatic nitrogens is 1. The van der Waals surface area contributed by atoms with Crippen molar-refractivity contribution >= 4 is 21.7 Å². The minimum atomic E-state index is -3.40. The number of carbonyl (C=O) groups excluding carboxylic acids is 1. The average molecular weight is 346 g/mol. The first-order valence-corrected chi connectivity index (χ1v) is 9.04. The van der Waals surface area contributed by atoms with E-state index in [0.29, 0.717) is 25.3 Å². The fraction of sp³-hybridized carbons (Fsp3) is 0.250. The molecule has 3 rings (SSSR count). The molecule has 1 fully saturated rings. The molecule has 0 aliphatic carbocycles. The topological polar surface area (TPSA) is 91.4 Å². The number of hydrogen-bond acceptors (Lipinski definition) is 4. The minimum Gasteiger partial charge on any atom is -0.334 e. The molecule has 0 radical (unpaired) electrons. The van der Waals surface area contributed by atoms with Crippen LogP contribution in [0.15, 0.2) is 53.7 Å². The van der Waals surface area contributed by atoms with Crippen LogP contribution in [0.25, 0.3) is 0 Å². The van der Waals surface area contributed by atoms with Gasteiger partial charge in [0.2, 0.25) is 10.0 Å². The number of anilines is 1. The summed E-state index contributed by atoms with van der Waals surface area (Å²) >= 11 is 0. The first kappa shape index (κ1) is 16.4. The van der Waals surface area contributed by atoms with E-state index in [1.165, 1.54) is 16.4 Å². The summed E-state index contributed by atoms with van der Waals surface area (Å²) in [5.41, 5.74) is 1.42. The van der Waals surface area contributed by atoms with E-state index in [-0.39, 0.29) is 10.9 Å². The molecule has 0 bridgehead atoms. The lowest BCUT2D eigenvalue weighted by Crippen LogP contribution is -2.41. The van der Waals surface area contributed by atoms with Gasteiger partial charge in [-0.25, -0.2) is 13.2 Å². The molecule has 2 heterocycles. The van der Waals surface area contributed by atoms with Crippen LogP contribution in [0.2, 0.25) is 0 Å². The van der Waals surface area contributed by atoms with Crippen LogP contribution in [0.3, 0.4) is 0 Å². The van der Waals surface area contributed by atoms with Gasteiger partial charge in [-0.15, -0.1) is 0 Å². The molecule has 24 heavy (non-hydrogen) atoms. The maximum atomic E-state index is 12.2. The Balaban J connectivity index is 1.57. The average Bonchev–Trinajstić information content (AvgIpc) is 2.52. The molecule has 1 saturated heterocycles. The zero-order valence-corrected chi connectivity index (χ0v) is 13.8. The molecule has 0 spiro atoms. The highest BCUT2D eigenvalue weighted by Crippen LogP contribution is 2.22. The van der Waals surface area contributed by atoms with Crippen LogP contribution in [0, 0.1) is 0 Å². The second-order valence-corrected chi connectivity index (χ2v) is 7.39. The highest BCUT2D eigenvalue weighted by atomic mass is 32.2. The number of sulfonamides is 1. The number of urea groups is 1. The van der Waals surface area contributed by atoms with Gasteiger partial charge in [-0.1, -0.05) is 6.07 Å². The monoisotopic (exact) mass is 346 g/mol. The predicted molar refractivity (Wildman–Crippen MR) is 89.9 cm³/mol. The van der Waals surface area contributed by atoms with Crippen LogP contribution in [0.5, 0.6) is 0 Å². The summed E-state index contributed by atoms with van der Waals surface area (Å²) in [7, 11) is -3.40. The summed E-state index contributed by atoms with van der Waals surface area (Å²) < 4.78 is 25.9. The molecule has 0 atom stereocenters. The van der Waals surface area contributed by atoms with Gasteiger partial charge in [-0.3, -0.25) is 4.98 Å². The lowest BCUT2D eigenvalue weighted by atomic mass is 10.3. The van der Waals surface area contributed by atoms with Gasteiger partial charge < -0.3 is 10.6 Å². The number of pyridine rings is 1. The molecule has 1 aliphatic heterocycles. The molecule has 1 aromatic carbocycles. The van der Waals surface area contributed by atoms with E-state index in [1.54, 1.807) is 30.6 Å². The third kappa shape index (κ3) is 3.72. The molecule has 126 valence electrons. The first-order valence-electron chi connectivity index (χ1n) is 7.60. The van der Waals surface area contributed by atoms with Gasteiger partial charge in [0, 0.05) is 37.7 Å². The van der Waals surface area contributed by atoms with E-state index in [4.69, 9.17) is 0 Å². The molecule has 2 N–H and O–H groups in total. The van der Waals surface area contributed by atoms with Gasteiger partial charge >= 0.3 is 6.03 Å². The van der Waals surface area contributed by atoms with Crippen LogP contribution in [0.4, 0.5) is 10.5 Å². The van der Waals surface area contributed by atoms with Crippen LogP contribution in [0.1, 0.15) is 12.0 Å². The predicted octanol–water partition coefficient (Wildman–Crippen LogP) is 1.80. The zero-order valence-electron chi connectivity index (χ0n) is 13.0. The van der Waals surface area contributed by atoms with Gasteiger partial charge in [0.1, 0.15) is 0 Å². The number of amides is 2. The molecule has 1 aromatic heterocycles. The molecular weight excluding hydrogens is 328 g/mol. The van der Waals surface area contributed by atoms with E-state index in [1.807, 2.05) is 6.07 Å². The largest absolute Gasteiger partial charge is 0.334 e. The number of benzene rings is 1. The summed E-state index contributed by atoms with van der Waals surface area (Å²) in [6.45, 7) is 1.50. The van der Waals surface area contributed by atoms with Crippen molar-refractivity contribution in [1.82, 2.24) is 14.6 Å². The fourth-order valence-electron chi connectivity index (χ4n) is 2.25. The summed E-state index contributed by atoms with van der Waals surface area (Å²) in [6, 6.07) is 9.47. The summed E-state index contributed by atoms with van der Waals surface area (Å²) in [5.74, 6) is 0. The third-order valence-corrected chi connectivity index (χ3v) is 5.65. The first-order chi connectivity index (χ1) is 11.6. The Labute approximate surface area is 140 Å². The second kappa shape index (κ2) is 6.98. The van der Waals surface area contributed by atoms with Crippen molar-refractivity contribution in [2.24, 2.45) is 0 Å². The Morgan fingerprint density at radius 2 is 1.92 bits per heavy atom. The van der Waals surface area contributed by atoms with Crippen molar-refractivity contribution < 1.29 is 13.2 Å². The van der Waals surface area contributed by atoms with Crippen LogP contribution >= 0.6 is 0 Å². The van der Waals surface area contributed by atoms with Gasteiger partial charge in [-0.2, -0.15) is 4.31 Å². The Morgan fingerprint density at radius 3 is 2.50 bits per heavy atom. The third-order valence-electron chi connectivity index (χ3n) is 3.74. The summed E-state index contributed by atoms with van der Waals surface area (Å²) in [5, 5.41) is 5.38. The molecule has 2 aromatic rings. The van der Waals surface area contributed by atoms with E-state index in [9.17, 15) is 13.2 Å². The Kier molecular flexibility index (Phi) is 4.77. The SMILES string of the molecule is O=C(NCc1cccnc1)Nc1ccc(S(=O)(=O)N2CCC2)cc1. The van der Waals surface area contributed by atoms with E-state index < -0.39 is 10.0 Å². The van der Waals surface area contributed by atoms with E-state index in [0.717, 1.165) is 12.0 Å². The number of carbonyl (C=O) groups is 1. The van der Waals surface area contributed by atoms with Crippen molar-refractivity contribution in [1.29, 1.82) is 0 Å². The highest BCUT2D eigenvalue weighted by Gasteiger charge is 2.29. The maximum Gasteiger partial charge on any atom is 0.319 e. The van der Waals surface area contributed by atoms with E-state index >= 15 is 0 Å². The van der Waals surface area contributed by atoms with Gasteiger partial charge in [0.25, 0.3) is 0 Å². The molecule has 2 amide bonds. The quantitative estimate of drug-likeness (QED) is 0.863.